The van der Waals surface area contributed by atoms with Crippen molar-refractivity contribution in [3.8, 4) is 0 Å². The molecule has 0 aliphatic carbocycles. The van der Waals surface area contributed by atoms with Gasteiger partial charge in [0.15, 0.2) is 0 Å². The van der Waals surface area contributed by atoms with E-state index in [0.717, 1.165) is 19.7 Å². The molecular formula is C14H26N2OS. The smallest absolute Gasteiger partial charge is 0.0981 e. The van der Waals surface area contributed by atoms with Crippen LogP contribution in [0.15, 0.2) is 6.20 Å². The Morgan fingerprint density at radius 2 is 1.94 bits per heavy atom. The number of aromatic nitrogens is 1. The highest BCUT2D eigenvalue weighted by Gasteiger charge is 2.19. The Morgan fingerprint density at radius 3 is 2.44 bits per heavy atom. The average Bonchev–Trinajstić information content (AvgIpc) is 2.65. The molecular weight excluding hydrogens is 244 g/mol. The van der Waals surface area contributed by atoms with E-state index in [1.165, 1.54) is 9.88 Å². The third kappa shape index (κ3) is 5.04. The van der Waals surface area contributed by atoms with Gasteiger partial charge in [0.05, 0.1) is 10.6 Å². The van der Waals surface area contributed by atoms with Gasteiger partial charge in [0.1, 0.15) is 0 Å². The SMILES string of the molecule is CCOC(C)(C)CNCc1cnc(C(C)(C)C)s1. The third-order valence-corrected chi connectivity index (χ3v) is 4.00. The Kier molecular flexibility index (Phi) is 5.32. The second-order valence-corrected chi connectivity index (χ2v) is 7.29. The standard InChI is InChI=1S/C14H26N2OS/c1-7-17-14(5,6)10-15-8-11-9-16-12(18-11)13(2,3)4/h9,15H,7-8,10H2,1-6H3. The zero-order valence-corrected chi connectivity index (χ0v) is 13.3. The molecule has 18 heavy (non-hydrogen) atoms. The second kappa shape index (κ2) is 6.13. The van der Waals surface area contributed by atoms with Crippen LogP contribution in [0.5, 0.6) is 0 Å². The molecule has 0 radical (unpaired) electrons. The van der Waals surface area contributed by atoms with Crippen LogP contribution in [-0.4, -0.2) is 23.7 Å². The fraction of sp³-hybridized carbons (Fsp3) is 0.786. The number of thiazole rings is 1. The summed E-state index contributed by atoms with van der Waals surface area (Å²) < 4.78 is 5.65. The highest BCUT2D eigenvalue weighted by Crippen LogP contribution is 2.26. The summed E-state index contributed by atoms with van der Waals surface area (Å²) in [5, 5.41) is 4.63. The minimum Gasteiger partial charge on any atom is -0.375 e. The van der Waals surface area contributed by atoms with E-state index in [2.05, 4.69) is 44.9 Å². The molecule has 4 heteroatoms. The van der Waals surface area contributed by atoms with E-state index in [9.17, 15) is 0 Å². The first-order chi connectivity index (χ1) is 8.24. The molecule has 0 saturated heterocycles. The fourth-order valence-electron chi connectivity index (χ4n) is 1.66. The summed E-state index contributed by atoms with van der Waals surface area (Å²) in [5.74, 6) is 0. The van der Waals surface area contributed by atoms with Crippen LogP contribution in [0, 0.1) is 0 Å². The first-order valence-corrected chi connectivity index (χ1v) is 7.36. The number of hydrogen-bond donors (Lipinski definition) is 1. The highest BCUT2D eigenvalue weighted by atomic mass is 32.1. The second-order valence-electron chi connectivity index (χ2n) is 6.18. The predicted octanol–water partition coefficient (Wildman–Crippen LogP) is 3.35. The molecule has 1 heterocycles. The summed E-state index contributed by atoms with van der Waals surface area (Å²) >= 11 is 1.79. The van der Waals surface area contributed by atoms with E-state index in [0.29, 0.717) is 0 Å². The van der Waals surface area contributed by atoms with Gasteiger partial charge in [-0.25, -0.2) is 4.98 Å². The van der Waals surface area contributed by atoms with Crippen molar-refractivity contribution in [2.75, 3.05) is 13.2 Å². The molecule has 3 nitrogen and oxygen atoms in total. The molecule has 0 saturated carbocycles. The van der Waals surface area contributed by atoms with Crippen LogP contribution in [0.25, 0.3) is 0 Å². The van der Waals surface area contributed by atoms with E-state index in [1.807, 2.05) is 13.1 Å². The highest BCUT2D eigenvalue weighted by molar-refractivity contribution is 7.11. The summed E-state index contributed by atoms with van der Waals surface area (Å²) in [4.78, 5) is 5.77. The van der Waals surface area contributed by atoms with Crippen LogP contribution < -0.4 is 5.32 Å². The molecule has 0 atom stereocenters. The van der Waals surface area contributed by atoms with Crippen molar-refractivity contribution in [2.24, 2.45) is 0 Å². The van der Waals surface area contributed by atoms with Gasteiger partial charge in [0.2, 0.25) is 0 Å². The number of nitrogens with zero attached hydrogens (tertiary/aromatic N) is 1. The maximum absolute atomic E-state index is 5.65. The van der Waals surface area contributed by atoms with Crippen LogP contribution in [0.4, 0.5) is 0 Å². The van der Waals surface area contributed by atoms with Crippen molar-refractivity contribution in [1.29, 1.82) is 0 Å². The van der Waals surface area contributed by atoms with Crippen molar-refractivity contribution in [3.05, 3.63) is 16.1 Å². The first kappa shape index (κ1) is 15.6. The van der Waals surface area contributed by atoms with Crippen LogP contribution in [0.2, 0.25) is 0 Å². The molecule has 0 aliphatic rings. The topological polar surface area (TPSA) is 34.1 Å². The Balaban J connectivity index is 2.43. The Morgan fingerprint density at radius 1 is 1.28 bits per heavy atom. The molecule has 104 valence electrons. The number of nitrogens with one attached hydrogen (secondary N) is 1. The lowest BCUT2D eigenvalue weighted by Crippen LogP contribution is -2.37. The van der Waals surface area contributed by atoms with Gasteiger partial charge >= 0.3 is 0 Å². The molecule has 0 fully saturated rings. The molecule has 0 aromatic carbocycles. The van der Waals surface area contributed by atoms with E-state index >= 15 is 0 Å². The lowest BCUT2D eigenvalue weighted by Gasteiger charge is -2.24. The minimum atomic E-state index is -0.105. The Bertz CT molecular complexity index is 366. The van der Waals surface area contributed by atoms with Gasteiger partial charge in [-0.15, -0.1) is 11.3 Å². The van der Waals surface area contributed by atoms with Gasteiger partial charge in [-0.3, -0.25) is 0 Å². The summed E-state index contributed by atoms with van der Waals surface area (Å²) in [6.07, 6.45) is 1.98. The Hall–Kier alpha value is -0.450. The van der Waals surface area contributed by atoms with Crippen LogP contribution >= 0.6 is 11.3 Å². The van der Waals surface area contributed by atoms with Crippen molar-refractivity contribution >= 4 is 11.3 Å². The molecule has 1 aromatic rings. The van der Waals surface area contributed by atoms with Gasteiger partial charge < -0.3 is 10.1 Å². The van der Waals surface area contributed by atoms with Crippen LogP contribution in [0.3, 0.4) is 0 Å². The molecule has 0 spiro atoms. The molecule has 0 unspecified atom stereocenters. The van der Waals surface area contributed by atoms with Crippen molar-refractivity contribution in [1.82, 2.24) is 10.3 Å². The summed E-state index contributed by atoms with van der Waals surface area (Å²) in [6.45, 7) is 15.3. The lowest BCUT2D eigenvalue weighted by atomic mass is 9.98. The van der Waals surface area contributed by atoms with Crippen LogP contribution in [0.1, 0.15) is 51.4 Å². The van der Waals surface area contributed by atoms with Crippen molar-refractivity contribution in [2.45, 2.75) is 59.1 Å². The van der Waals surface area contributed by atoms with E-state index in [4.69, 9.17) is 4.74 Å². The molecule has 0 amide bonds. The van der Waals surface area contributed by atoms with Gasteiger partial charge in [0.25, 0.3) is 0 Å². The zero-order chi connectivity index (χ0) is 13.8. The minimum absolute atomic E-state index is 0.105. The molecule has 1 rings (SSSR count). The van der Waals surface area contributed by atoms with Gasteiger partial charge in [0, 0.05) is 36.2 Å². The molecule has 0 bridgehead atoms. The first-order valence-electron chi connectivity index (χ1n) is 6.54. The molecule has 1 aromatic heterocycles. The van der Waals surface area contributed by atoms with Crippen molar-refractivity contribution < 1.29 is 4.74 Å². The number of rotatable bonds is 6. The fourth-order valence-corrected chi connectivity index (χ4v) is 2.60. The summed E-state index contributed by atoms with van der Waals surface area (Å²) in [7, 11) is 0. The Labute approximate surface area is 115 Å². The maximum Gasteiger partial charge on any atom is 0.0981 e. The third-order valence-electron chi connectivity index (χ3n) is 2.58. The quantitative estimate of drug-likeness (QED) is 0.861. The van der Waals surface area contributed by atoms with Gasteiger partial charge in [-0.2, -0.15) is 0 Å². The predicted molar refractivity (Wildman–Crippen MR) is 78.2 cm³/mol. The molecule has 1 N–H and O–H groups in total. The monoisotopic (exact) mass is 270 g/mol. The maximum atomic E-state index is 5.65. The summed E-state index contributed by atoms with van der Waals surface area (Å²) in [5.41, 5.74) is 0.0415. The van der Waals surface area contributed by atoms with E-state index < -0.39 is 0 Å². The van der Waals surface area contributed by atoms with Crippen molar-refractivity contribution in [3.63, 3.8) is 0 Å². The lowest BCUT2D eigenvalue weighted by molar-refractivity contribution is -0.00893. The van der Waals surface area contributed by atoms with Crippen LogP contribution in [-0.2, 0) is 16.7 Å². The zero-order valence-electron chi connectivity index (χ0n) is 12.5. The van der Waals surface area contributed by atoms with E-state index in [-0.39, 0.29) is 11.0 Å². The average molecular weight is 270 g/mol. The van der Waals surface area contributed by atoms with E-state index in [1.54, 1.807) is 11.3 Å². The van der Waals surface area contributed by atoms with Gasteiger partial charge in [-0.05, 0) is 20.8 Å². The normalized spacial score (nSPS) is 13.0. The number of ether oxygens (including phenoxy) is 1. The molecule has 0 aliphatic heterocycles. The summed E-state index contributed by atoms with van der Waals surface area (Å²) in [6, 6.07) is 0. The van der Waals surface area contributed by atoms with Gasteiger partial charge in [-0.1, -0.05) is 20.8 Å². The number of hydrogen-bond acceptors (Lipinski definition) is 4. The largest absolute Gasteiger partial charge is 0.375 e.